The van der Waals surface area contributed by atoms with Crippen molar-refractivity contribution in [3.8, 4) is 5.75 Å². The molecule has 0 amide bonds. The number of rotatable bonds is 4. The number of fused-ring (bicyclic) bond motifs is 5. The van der Waals surface area contributed by atoms with Crippen LogP contribution in [-0.2, 0) is 9.53 Å². The maximum atomic E-state index is 14.4. The maximum absolute atomic E-state index is 14.4. The second-order valence-electron chi connectivity index (χ2n) is 9.26. The van der Waals surface area contributed by atoms with Crippen LogP contribution in [0.2, 0.25) is 0 Å². The molecule has 1 fully saturated rings. The summed E-state index contributed by atoms with van der Waals surface area (Å²) < 4.78 is 11.3. The fourth-order valence-electron chi connectivity index (χ4n) is 6.38. The monoisotopic (exact) mass is 479 g/mol. The van der Waals surface area contributed by atoms with Gasteiger partial charge in [0, 0.05) is 28.3 Å². The highest BCUT2D eigenvalue weighted by molar-refractivity contribution is 6.32. The smallest absolute Gasteiger partial charge is 0.329 e. The van der Waals surface area contributed by atoms with E-state index in [1.807, 2.05) is 72.5 Å². The zero-order valence-electron chi connectivity index (χ0n) is 20.0. The van der Waals surface area contributed by atoms with Gasteiger partial charge in [-0.3, -0.25) is 9.59 Å². The lowest BCUT2D eigenvalue weighted by molar-refractivity contribution is -0.142. The van der Waals surface area contributed by atoms with Crippen molar-refractivity contribution >= 4 is 29.3 Å². The number of methoxy groups -OCH3 is 1. The van der Waals surface area contributed by atoms with Crippen LogP contribution in [0.15, 0.2) is 78.9 Å². The van der Waals surface area contributed by atoms with Crippen molar-refractivity contribution < 1.29 is 23.9 Å². The molecule has 3 aromatic rings. The molecule has 3 atom stereocenters. The fourth-order valence-corrected chi connectivity index (χ4v) is 6.38. The van der Waals surface area contributed by atoms with E-state index >= 15 is 0 Å². The van der Waals surface area contributed by atoms with Gasteiger partial charge in [-0.2, -0.15) is 0 Å². The minimum atomic E-state index is -1.56. The number of para-hydroxylation sites is 2. The number of nitrogens with zero attached hydrogens (tertiary/aromatic N) is 1. The van der Waals surface area contributed by atoms with Gasteiger partial charge in [0.05, 0.1) is 19.8 Å². The first-order valence-corrected chi connectivity index (χ1v) is 12.1. The Balaban J connectivity index is 1.70. The van der Waals surface area contributed by atoms with E-state index in [-0.39, 0.29) is 11.6 Å². The summed E-state index contributed by atoms with van der Waals surface area (Å²) in [7, 11) is 1.34. The summed E-state index contributed by atoms with van der Waals surface area (Å²) in [5.41, 5.74) is 1.56. The predicted octanol–water partition coefficient (Wildman–Crippen LogP) is 4.69. The number of Topliss-reactive ketones (excluding diaryl/α,β-unsaturated/α-hetero) is 2. The molecule has 6 nitrogen and oxygen atoms in total. The Labute approximate surface area is 209 Å². The Hall–Kier alpha value is -4.19. The number of anilines is 1. The molecular formula is C30H25NO5. The van der Waals surface area contributed by atoms with Gasteiger partial charge in [-0.1, -0.05) is 72.8 Å². The molecule has 0 bridgehead atoms. The van der Waals surface area contributed by atoms with Gasteiger partial charge in [0.1, 0.15) is 17.2 Å². The third-order valence-electron chi connectivity index (χ3n) is 7.71. The first-order valence-electron chi connectivity index (χ1n) is 12.1. The highest BCUT2D eigenvalue weighted by atomic mass is 16.5. The van der Waals surface area contributed by atoms with Crippen molar-refractivity contribution in [3.63, 3.8) is 0 Å². The third kappa shape index (κ3) is 2.75. The molecule has 6 rings (SSSR count). The Morgan fingerprint density at radius 3 is 2.25 bits per heavy atom. The van der Waals surface area contributed by atoms with Crippen LogP contribution in [0.5, 0.6) is 5.75 Å². The van der Waals surface area contributed by atoms with Crippen LogP contribution in [0.3, 0.4) is 0 Å². The van der Waals surface area contributed by atoms with Crippen LogP contribution in [0, 0.1) is 5.41 Å². The van der Waals surface area contributed by atoms with Gasteiger partial charge in [-0.15, -0.1) is 0 Å². The topological polar surface area (TPSA) is 72.9 Å². The average molecular weight is 480 g/mol. The number of ketones is 2. The molecule has 36 heavy (non-hydrogen) atoms. The van der Waals surface area contributed by atoms with Crippen molar-refractivity contribution in [2.75, 3.05) is 18.6 Å². The molecule has 0 radical (unpaired) electrons. The second kappa shape index (κ2) is 8.19. The van der Waals surface area contributed by atoms with Crippen molar-refractivity contribution in [1.29, 1.82) is 0 Å². The van der Waals surface area contributed by atoms with Gasteiger partial charge >= 0.3 is 5.97 Å². The van der Waals surface area contributed by atoms with Gasteiger partial charge in [0.15, 0.2) is 11.6 Å². The lowest BCUT2D eigenvalue weighted by Gasteiger charge is -2.36. The van der Waals surface area contributed by atoms with E-state index in [0.29, 0.717) is 29.0 Å². The normalized spacial score (nSPS) is 22.8. The van der Waals surface area contributed by atoms with E-state index in [1.165, 1.54) is 7.11 Å². The van der Waals surface area contributed by atoms with Gasteiger partial charge in [-0.05, 0) is 24.6 Å². The van der Waals surface area contributed by atoms with E-state index in [4.69, 9.17) is 9.47 Å². The lowest BCUT2D eigenvalue weighted by atomic mass is 9.64. The van der Waals surface area contributed by atoms with Gasteiger partial charge in [-0.25, -0.2) is 4.79 Å². The maximum Gasteiger partial charge on any atom is 0.329 e. The molecule has 3 aliphatic rings. The summed E-state index contributed by atoms with van der Waals surface area (Å²) in [6.45, 7) is 2.28. The molecule has 180 valence electrons. The Morgan fingerprint density at radius 2 is 1.56 bits per heavy atom. The predicted molar refractivity (Wildman–Crippen MR) is 135 cm³/mol. The molecular weight excluding hydrogens is 454 g/mol. The van der Waals surface area contributed by atoms with Crippen LogP contribution in [-0.4, -0.2) is 43.3 Å². The SMILES string of the molecule is CCOc1ccccc1[C@@H]1[C@H](C(=O)OC)N2c3ccccc3C=C[C@@H]2C12C(=O)c1ccccc1C2=O. The Bertz CT molecular complexity index is 1410. The number of hydrogen-bond acceptors (Lipinski definition) is 6. The first kappa shape index (κ1) is 22.3. The zero-order valence-corrected chi connectivity index (χ0v) is 20.0. The number of hydrogen-bond donors (Lipinski definition) is 0. The molecule has 2 aliphatic heterocycles. The summed E-state index contributed by atoms with van der Waals surface area (Å²) in [5, 5.41) is 0. The molecule has 1 aliphatic carbocycles. The third-order valence-corrected chi connectivity index (χ3v) is 7.71. The van der Waals surface area contributed by atoms with Crippen molar-refractivity contribution in [2.45, 2.75) is 24.9 Å². The summed E-state index contributed by atoms with van der Waals surface area (Å²) in [5.74, 6) is -1.34. The number of esters is 1. The largest absolute Gasteiger partial charge is 0.494 e. The van der Waals surface area contributed by atoms with Crippen molar-refractivity contribution in [2.24, 2.45) is 5.41 Å². The molecule has 6 heteroatoms. The molecule has 3 aromatic carbocycles. The standard InChI is InChI=1S/C30H25NO5/c1-3-36-23-15-9-7-13-21(23)25-26(29(34)35-2)31-22-14-8-4-10-18(22)16-17-24(31)30(25)27(32)19-11-5-6-12-20(19)28(30)33/h4-17,24-26H,3H2,1-2H3/t24-,25-,26-/m1/s1. The van der Waals surface area contributed by atoms with Crippen LogP contribution in [0.25, 0.3) is 6.08 Å². The second-order valence-corrected chi connectivity index (χ2v) is 9.26. The number of carbonyl (C=O) groups excluding carboxylic acids is 3. The fraction of sp³-hybridized carbons (Fsp3) is 0.233. The molecule has 0 aromatic heterocycles. The zero-order chi connectivity index (χ0) is 25.0. The molecule has 0 unspecified atom stereocenters. The molecule has 0 N–H and O–H groups in total. The highest BCUT2D eigenvalue weighted by Crippen LogP contribution is 2.61. The van der Waals surface area contributed by atoms with Crippen molar-refractivity contribution in [1.82, 2.24) is 0 Å². The van der Waals surface area contributed by atoms with Gasteiger partial charge in [0.25, 0.3) is 0 Å². The molecule has 1 spiro atoms. The minimum absolute atomic E-state index is 0.273. The summed E-state index contributed by atoms with van der Waals surface area (Å²) >= 11 is 0. The molecule has 1 saturated heterocycles. The molecule has 2 heterocycles. The minimum Gasteiger partial charge on any atom is -0.494 e. The summed E-state index contributed by atoms with van der Waals surface area (Å²) in [4.78, 5) is 44.4. The Kier molecular flexibility index (Phi) is 5.07. The summed E-state index contributed by atoms with van der Waals surface area (Å²) in [6, 6.07) is 20.4. The van der Waals surface area contributed by atoms with Crippen LogP contribution < -0.4 is 9.64 Å². The van der Waals surface area contributed by atoms with E-state index in [1.54, 1.807) is 24.3 Å². The number of benzene rings is 3. The van der Waals surface area contributed by atoms with Gasteiger partial charge in [0.2, 0.25) is 0 Å². The van der Waals surface area contributed by atoms with Crippen molar-refractivity contribution in [3.05, 3.63) is 101 Å². The van der Waals surface area contributed by atoms with Crippen LogP contribution in [0.4, 0.5) is 5.69 Å². The van der Waals surface area contributed by atoms with E-state index in [0.717, 1.165) is 11.3 Å². The van der Waals surface area contributed by atoms with Crippen LogP contribution in [0.1, 0.15) is 44.7 Å². The van der Waals surface area contributed by atoms with E-state index < -0.39 is 29.4 Å². The number of carbonyl (C=O) groups is 3. The first-order chi connectivity index (χ1) is 17.6. The van der Waals surface area contributed by atoms with E-state index in [2.05, 4.69) is 0 Å². The number of ether oxygens (including phenoxy) is 2. The molecule has 0 saturated carbocycles. The summed E-state index contributed by atoms with van der Waals surface area (Å²) in [6.07, 6.45) is 3.83. The lowest BCUT2D eigenvalue weighted by Crippen LogP contribution is -2.48. The van der Waals surface area contributed by atoms with Gasteiger partial charge < -0.3 is 14.4 Å². The Morgan fingerprint density at radius 1 is 0.917 bits per heavy atom. The highest BCUT2D eigenvalue weighted by Gasteiger charge is 2.72. The quantitative estimate of drug-likeness (QED) is 0.399. The van der Waals surface area contributed by atoms with E-state index in [9.17, 15) is 14.4 Å². The average Bonchev–Trinajstić information content (AvgIpc) is 3.35. The van der Waals surface area contributed by atoms with Crippen LogP contribution >= 0.6 is 0 Å².